The van der Waals surface area contributed by atoms with Gasteiger partial charge in [-0.25, -0.2) is 0 Å². The molecule has 0 spiro atoms. The molecule has 0 heterocycles. The fraction of sp³-hybridized carbons (Fsp3) is 0.889. The first-order valence-electron chi connectivity index (χ1n) is 4.08. The number of hydrogen-bond acceptors (Lipinski definition) is 1. The second-order valence-corrected chi connectivity index (χ2v) is 2.95. The van der Waals surface area contributed by atoms with Crippen molar-refractivity contribution in [2.75, 3.05) is 13.2 Å². The van der Waals surface area contributed by atoms with E-state index in [-0.39, 0.29) is 0 Å². The highest BCUT2D eigenvalue weighted by Gasteiger charge is 2.05. The van der Waals surface area contributed by atoms with E-state index < -0.39 is 0 Å². The van der Waals surface area contributed by atoms with Gasteiger partial charge < -0.3 is 4.74 Å². The van der Waals surface area contributed by atoms with Crippen LogP contribution in [0.1, 0.15) is 34.1 Å². The Bertz CT molecular complexity index is 69.1. The summed E-state index contributed by atoms with van der Waals surface area (Å²) in [5.41, 5.74) is 0. The Morgan fingerprint density at radius 1 is 1.40 bits per heavy atom. The zero-order valence-electron chi connectivity index (χ0n) is 7.61. The SMILES string of the molecule is CCOCC[C](C)C(C)C. The normalized spacial score (nSPS) is 11.4. The van der Waals surface area contributed by atoms with E-state index in [1.807, 2.05) is 6.92 Å². The van der Waals surface area contributed by atoms with Crippen LogP contribution in [-0.2, 0) is 4.74 Å². The smallest absolute Gasteiger partial charge is 0.0471 e. The van der Waals surface area contributed by atoms with Gasteiger partial charge >= 0.3 is 0 Å². The molecule has 0 rings (SSSR count). The van der Waals surface area contributed by atoms with Crippen molar-refractivity contribution in [2.45, 2.75) is 34.1 Å². The Balaban J connectivity index is 3.13. The lowest BCUT2D eigenvalue weighted by molar-refractivity contribution is 0.145. The summed E-state index contributed by atoms with van der Waals surface area (Å²) in [7, 11) is 0. The lowest BCUT2D eigenvalue weighted by Crippen LogP contribution is -2.05. The van der Waals surface area contributed by atoms with E-state index in [1.54, 1.807) is 0 Å². The summed E-state index contributed by atoms with van der Waals surface area (Å²) in [5, 5.41) is 0. The third-order valence-electron chi connectivity index (χ3n) is 1.83. The van der Waals surface area contributed by atoms with Gasteiger partial charge in [0.1, 0.15) is 0 Å². The van der Waals surface area contributed by atoms with Crippen LogP contribution in [0.4, 0.5) is 0 Å². The average molecular weight is 143 g/mol. The van der Waals surface area contributed by atoms with E-state index in [0.29, 0.717) is 5.92 Å². The second-order valence-electron chi connectivity index (χ2n) is 2.95. The van der Waals surface area contributed by atoms with Gasteiger partial charge in [-0.15, -0.1) is 0 Å². The van der Waals surface area contributed by atoms with Crippen molar-refractivity contribution >= 4 is 0 Å². The molecule has 0 aromatic carbocycles. The molecule has 0 aromatic heterocycles. The molecule has 0 aliphatic heterocycles. The molecule has 0 aliphatic carbocycles. The summed E-state index contributed by atoms with van der Waals surface area (Å²) in [6, 6.07) is 0. The molecule has 0 saturated heterocycles. The molecule has 0 bridgehead atoms. The maximum atomic E-state index is 5.23. The second kappa shape index (κ2) is 5.72. The summed E-state index contributed by atoms with van der Waals surface area (Å²) >= 11 is 0. The van der Waals surface area contributed by atoms with Gasteiger partial charge in [-0.2, -0.15) is 0 Å². The summed E-state index contributed by atoms with van der Waals surface area (Å²) in [6.07, 6.45) is 1.12. The van der Waals surface area contributed by atoms with E-state index in [9.17, 15) is 0 Å². The molecule has 1 nitrogen and oxygen atoms in total. The maximum Gasteiger partial charge on any atom is 0.0471 e. The molecular weight excluding hydrogens is 124 g/mol. The molecule has 0 fully saturated rings. The highest BCUT2D eigenvalue weighted by atomic mass is 16.5. The monoisotopic (exact) mass is 143 g/mol. The largest absolute Gasteiger partial charge is 0.382 e. The van der Waals surface area contributed by atoms with E-state index in [2.05, 4.69) is 20.8 Å². The van der Waals surface area contributed by atoms with E-state index in [0.717, 1.165) is 19.6 Å². The maximum absolute atomic E-state index is 5.23. The van der Waals surface area contributed by atoms with Gasteiger partial charge in [-0.3, -0.25) is 0 Å². The lowest BCUT2D eigenvalue weighted by Gasteiger charge is -2.13. The first-order valence-corrected chi connectivity index (χ1v) is 4.08. The van der Waals surface area contributed by atoms with Gasteiger partial charge in [0.2, 0.25) is 0 Å². The van der Waals surface area contributed by atoms with Crippen LogP contribution in [0.5, 0.6) is 0 Å². The van der Waals surface area contributed by atoms with Crippen molar-refractivity contribution < 1.29 is 4.74 Å². The van der Waals surface area contributed by atoms with Crippen LogP contribution in [0.2, 0.25) is 0 Å². The van der Waals surface area contributed by atoms with Gasteiger partial charge in [0.25, 0.3) is 0 Å². The fourth-order valence-corrected chi connectivity index (χ4v) is 0.666. The van der Waals surface area contributed by atoms with Gasteiger partial charge in [0.05, 0.1) is 0 Å². The van der Waals surface area contributed by atoms with Crippen LogP contribution < -0.4 is 0 Å². The molecule has 0 atom stereocenters. The molecule has 10 heavy (non-hydrogen) atoms. The van der Waals surface area contributed by atoms with Crippen molar-refractivity contribution in [2.24, 2.45) is 5.92 Å². The first-order chi connectivity index (χ1) is 4.68. The van der Waals surface area contributed by atoms with E-state index in [1.165, 1.54) is 5.92 Å². The summed E-state index contributed by atoms with van der Waals surface area (Å²) in [6.45, 7) is 10.4. The van der Waals surface area contributed by atoms with Crippen molar-refractivity contribution in [1.29, 1.82) is 0 Å². The van der Waals surface area contributed by atoms with Crippen molar-refractivity contribution in [3.63, 3.8) is 0 Å². The predicted octanol–water partition coefficient (Wildman–Crippen LogP) is 2.66. The van der Waals surface area contributed by atoms with E-state index >= 15 is 0 Å². The highest BCUT2D eigenvalue weighted by Crippen LogP contribution is 2.15. The molecule has 0 N–H and O–H groups in total. The third kappa shape index (κ3) is 4.80. The molecule has 61 valence electrons. The molecule has 0 aromatic rings. The summed E-state index contributed by atoms with van der Waals surface area (Å²) < 4.78 is 5.23. The standard InChI is InChI=1S/C9H19O/c1-5-10-7-6-9(4)8(2)3/h8H,5-7H2,1-4H3. The van der Waals surface area contributed by atoms with Gasteiger partial charge in [-0.1, -0.05) is 20.8 Å². The number of hydrogen-bond donors (Lipinski definition) is 0. The minimum absolute atomic E-state index is 0.709. The number of rotatable bonds is 5. The van der Waals surface area contributed by atoms with Gasteiger partial charge in [-0.05, 0) is 25.2 Å². The molecular formula is C9H19O. The minimum Gasteiger partial charge on any atom is -0.382 e. The minimum atomic E-state index is 0.709. The fourth-order valence-electron chi connectivity index (χ4n) is 0.666. The average Bonchev–Trinajstić information content (AvgIpc) is 1.88. The topological polar surface area (TPSA) is 9.23 Å². The molecule has 0 unspecified atom stereocenters. The molecule has 0 saturated carbocycles. The third-order valence-corrected chi connectivity index (χ3v) is 1.83. The molecule has 0 amide bonds. The number of ether oxygens (including phenoxy) is 1. The van der Waals surface area contributed by atoms with Crippen LogP contribution in [0.15, 0.2) is 0 Å². The van der Waals surface area contributed by atoms with Crippen LogP contribution in [0, 0.1) is 11.8 Å². The Kier molecular flexibility index (Phi) is 5.70. The van der Waals surface area contributed by atoms with Gasteiger partial charge in [0, 0.05) is 13.2 Å². The molecule has 0 aliphatic rings. The van der Waals surface area contributed by atoms with Crippen molar-refractivity contribution in [3.8, 4) is 0 Å². The zero-order valence-corrected chi connectivity index (χ0v) is 7.61. The first kappa shape index (κ1) is 9.96. The quantitative estimate of drug-likeness (QED) is 0.538. The lowest BCUT2D eigenvalue weighted by atomic mass is 9.95. The summed E-state index contributed by atoms with van der Waals surface area (Å²) in [4.78, 5) is 0. The predicted molar refractivity (Wildman–Crippen MR) is 44.9 cm³/mol. The van der Waals surface area contributed by atoms with Crippen molar-refractivity contribution in [1.82, 2.24) is 0 Å². The Morgan fingerprint density at radius 3 is 2.40 bits per heavy atom. The van der Waals surface area contributed by atoms with Crippen LogP contribution in [0.25, 0.3) is 0 Å². The van der Waals surface area contributed by atoms with Crippen LogP contribution >= 0.6 is 0 Å². The van der Waals surface area contributed by atoms with Gasteiger partial charge in [0.15, 0.2) is 0 Å². The zero-order chi connectivity index (χ0) is 7.98. The van der Waals surface area contributed by atoms with E-state index in [4.69, 9.17) is 4.74 Å². The molecule has 1 radical (unpaired) electrons. The Labute approximate surface area is 64.8 Å². The summed E-state index contributed by atoms with van der Waals surface area (Å²) in [5.74, 6) is 2.24. The Hall–Kier alpha value is -0.0400. The molecule has 1 heteroatoms. The Morgan fingerprint density at radius 2 is 2.00 bits per heavy atom. The van der Waals surface area contributed by atoms with Crippen molar-refractivity contribution in [3.05, 3.63) is 5.92 Å². The van der Waals surface area contributed by atoms with Crippen LogP contribution in [0.3, 0.4) is 0 Å². The highest BCUT2D eigenvalue weighted by molar-refractivity contribution is 4.86. The van der Waals surface area contributed by atoms with Crippen LogP contribution in [-0.4, -0.2) is 13.2 Å².